The van der Waals surface area contributed by atoms with Crippen LogP contribution in [-0.2, 0) is 12.8 Å². The third-order valence-corrected chi connectivity index (χ3v) is 5.00. The number of hydrogen-bond donors (Lipinski definition) is 0. The number of rotatable bonds is 2. The molecule has 1 aliphatic heterocycles. The predicted octanol–water partition coefficient (Wildman–Crippen LogP) is 2.32. The first-order chi connectivity index (χ1) is 11.8. The van der Waals surface area contributed by atoms with Crippen LogP contribution in [0.2, 0.25) is 0 Å². The number of carbonyl (C=O) groups is 1. The molecule has 0 radical (unpaired) electrons. The molecule has 0 N–H and O–H groups in total. The van der Waals surface area contributed by atoms with Gasteiger partial charge in [0.25, 0.3) is 5.91 Å². The zero-order chi connectivity index (χ0) is 16.4. The molecule has 0 atom stereocenters. The molecule has 2 aliphatic rings. The van der Waals surface area contributed by atoms with E-state index >= 15 is 0 Å². The van der Waals surface area contributed by atoms with Gasteiger partial charge in [-0.05, 0) is 55.0 Å². The van der Waals surface area contributed by atoms with E-state index in [-0.39, 0.29) is 5.91 Å². The van der Waals surface area contributed by atoms with Gasteiger partial charge in [-0.2, -0.15) is 0 Å². The Labute approximate surface area is 142 Å². The zero-order valence-corrected chi connectivity index (χ0v) is 13.8. The summed E-state index contributed by atoms with van der Waals surface area (Å²) in [5.74, 6) is 0.899. The summed E-state index contributed by atoms with van der Waals surface area (Å²) in [6.45, 7) is 2.99. The van der Waals surface area contributed by atoms with Gasteiger partial charge in [-0.15, -0.1) is 0 Å². The van der Waals surface area contributed by atoms with Gasteiger partial charge in [0, 0.05) is 44.1 Å². The normalized spacial score (nSPS) is 17.5. The molecule has 1 saturated heterocycles. The highest BCUT2D eigenvalue weighted by atomic mass is 16.2. The molecule has 0 spiro atoms. The molecule has 24 heavy (non-hydrogen) atoms. The van der Waals surface area contributed by atoms with Gasteiger partial charge in [-0.25, -0.2) is 9.97 Å². The minimum absolute atomic E-state index is 0.150. The quantitative estimate of drug-likeness (QED) is 0.851. The molecule has 4 rings (SSSR count). The summed E-state index contributed by atoms with van der Waals surface area (Å²) in [5, 5.41) is 0. The van der Waals surface area contributed by atoms with Crippen LogP contribution in [0.15, 0.2) is 36.7 Å². The Hall–Kier alpha value is -2.43. The van der Waals surface area contributed by atoms with Crippen molar-refractivity contribution in [1.29, 1.82) is 0 Å². The van der Waals surface area contributed by atoms with Crippen molar-refractivity contribution in [2.45, 2.75) is 25.7 Å². The van der Waals surface area contributed by atoms with Gasteiger partial charge in [-0.3, -0.25) is 4.79 Å². The molecular weight excluding hydrogens is 300 g/mol. The molecule has 1 fully saturated rings. The minimum atomic E-state index is 0.150. The lowest BCUT2D eigenvalue weighted by Crippen LogP contribution is -2.49. The van der Waals surface area contributed by atoms with Crippen LogP contribution in [0, 0.1) is 0 Å². The molecule has 5 nitrogen and oxygen atoms in total. The summed E-state index contributed by atoms with van der Waals surface area (Å²) >= 11 is 0. The SMILES string of the molecule is O=C(c1ccc2c(c1)CCCC2)N1CCN(c2ncccn2)CC1. The lowest BCUT2D eigenvalue weighted by atomic mass is 9.90. The number of amides is 1. The number of benzene rings is 1. The van der Waals surface area contributed by atoms with Crippen LogP contribution in [0.4, 0.5) is 5.95 Å². The smallest absolute Gasteiger partial charge is 0.253 e. The molecule has 1 aliphatic carbocycles. The van der Waals surface area contributed by atoms with Crippen LogP contribution in [0.3, 0.4) is 0 Å². The van der Waals surface area contributed by atoms with Crippen molar-refractivity contribution in [3.63, 3.8) is 0 Å². The number of fused-ring (bicyclic) bond motifs is 1. The van der Waals surface area contributed by atoms with Crippen LogP contribution in [-0.4, -0.2) is 47.0 Å². The third-order valence-electron chi connectivity index (χ3n) is 5.00. The van der Waals surface area contributed by atoms with E-state index < -0.39 is 0 Å². The highest BCUT2D eigenvalue weighted by Gasteiger charge is 2.24. The molecule has 1 aromatic heterocycles. The number of anilines is 1. The van der Waals surface area contributed by atoms with Crippen molar-refractivity contribution in [2.24, 2.45) is 0 Å². The maximum absolute atomic E-state index is 12.8. The monoisotopic (exact) mass is 322 g/mol. The molecule has 0 bridgehead atoms. The fourth-order valence-corrected chi connectivity index (χ4v) is 3.61. The Bertz CT molecular complexity index is 723. The zero-order valence-electron chi connectivity index (χ0n) is 13.8. The molecular formula is C19H22N4O. The Balaban J connectivity index is 1.43. The van der Waals surface area contributed by atoms with Crippen molar-refractivity contribution in [3.05, 3.63) is 53.3 Å². The Morgan fingerprint density at radius 2 is 1.62 bits per heavy atom. The van der Waals surface area contributed by atoms with Gasteiger partial charge in [0.15, 0.2) is 0 Å². The van der Waals surface area contributed by atoms with E-state index in [2.05, 4.69) is 27.0 Å². The molecule has 5 heteroatoms. The second-order valence-electron chi connectivity index (χ2n) is 6.52. The van der Waals surface area contributed by atoms with E-state index in [9.17, 15) is 4.79 Å². The standard InChI is InChI=1S/C19H22N4O/c24-18(17-7-6-15-4-1-2-5-16(15)14-17)22-10-12-23(13-11-22)19-20-8-3-9-21-19/h3,6-9,14H,1-2,4-5,10-13H2. The lowest BCUT2D eigenvalue weighted by molar-refractivity contribution is 0.0746. The first-order valence-electron chi connectivity index (χ1n) is 8.74. The topological polar surface area (TPSA) is 49.3 Å². The molecule has 0 saturated carbocycles. The first-order valence-corrected chi connectivity index (χ1v) is 8.74. The molecule has 2 aromatic rings. The number of carbonyl (C=O) groups excluding carboxylic acids is 1. The van der Waals surface area contributed by atoms with E-state index in [1.165, 1.54) is 24.0 Å². The Morgan fingerprint density at radius 1 is 0.917 bits per heavy atom. The van der Waals surface area contributed by atoms with Gasteiger partial charge >= 0.3 is 0 Å². The summed E-state index contributed by atoms with van der Waals surface area (Å²) in [5.41, 5.74) is 3.62. The molecule has 1 amide bonds. The van der Waals surface area contributed by atoms with Crippen LogP contribution >= 0.6 is 0 Å². The predicted molar refractivity (Wildman–Crippen MR) is 93.2 cm³/mol. The maximum Gasteiger partial charge on any atom is 0.253 e. The summed E-state index contributed by atoms with van der Waals surface area (Å²) in [6.07, 6.45) is 8.28. The van der Waals surface area contributed by atoms with Crippen molar-refractivity contribution >= 4 is 11.9 Å². The summed E-state index contributed by atoms with van der Waals surface area (Å²) in [7, 11) is 0. The highest BCUT2D eigenvalue weighted by Crippen LogP contribution is 2.23. The van der Waals surface area contributed by atoms with E-state index in [0.717, 1.165) is 37.4 Å². The molecule has 124 valence electrons. The summed E-state index contributed by atoms with van der Waals surface area (Å²) < 4.78 is 0. The van der Waals surface area contributed by atoms with Crippen LogP contribution in [0.1, 0.15) is 34.3 Å². The van der Waals surface area contributed by atoms with Gasteiger partial charge in [0.2, 0.25) is 5.95 Å². The van der Waals surface area contributed by atoms with E-state index in [4.69, 9.17) is 0 Å². The Morgan fingerprint density at radius 3 is 2.38 bits per heavy atom. The minimum Gasteiger partial charge on any atom is -0.337 e. The lowest BCUT2D eigenvalue weighted by Gasteiger charge is -2.34. The summed E-state index contributed by atoms with van der Waals surface area (Å²) in [4.78, 5) is 25.5. The number of aryl methyl sites for hydroxylation is 2. The average molecular weight is 322 g/mol. The number of piperazine rings is 1. The number of aromatic nitrogens is 2. The van der Waals surface area contributed by atoms with E-state index in [1.54, 1.807) is 12.4 Å². The van der Waals surface area contributed by atoms with Crippen molar-refractivity contribution < 1.29 is 4.79 Å². The van der Waals surface area contributed by atoms with Gasteiger partial charge < -0.3 is 9.80 Å². The molecule has 2 heterocycles. The van der Waals surface area contributed by atoms with Crippen molar-refractivity contribution in [2.75, 3.05) is 31.1 Å². The van der Waals surface area contributed by atoms with Gasteiger partial charge in [-0.1, -0.05) is 6.07 Å². The Kier molecular flexibility index (Phi) is 4.15. The highest BCUT2D eigenvalue weighted by molar-refractivity contribution is 5.94. The van der Waals surface area contributed by atoms with Crippen molar-refractivity contribution in [3.8, 4) is 0 Å². The maximum atomic E-state index is 12.8. The fraction of sp³-hybridized carbons (Fsp3) is 0.421. The first kappa shape index (κ1) is 15.1. The average Bonchev–Trinajstić information content (AvgIpc) is 2.68. The second kappa shape index (κ2) is 6.59. The number of nitrogens with zero attached hydrogens (tertiary/aromatic N) is 4. The van der Waals surface area contributed by atoms with E-state index in [1.807, 2.05) is 17.0 Å². The van der Waals surface area contributed by atoms with Crippen LogP contribution in [0.25, 0.3) is 0 Å². The second-order valence-corrected chi connectivity index (χ2v) is 6.52. The fourth-order valence-electron chi connectivity index (χ4n) is 3.61. The third kappa shape index (κ3) is 2.98. The van der Waals surface area contributed by atoms with Crippen LogP contribution in [0.5, 0.6) is 0 Å². The van der Waals surface area contributed by atoms with Gasteiger partial charge in [0.1, 0.15) is 0 Å². The van der Waals surface area contributed by atoms with Crippen molar-refractivity contribution in [1.82, 2.24) is 14.9 Å². The van der Waals surface area contributed by atoms with Crippen LogP contribution < -0.4 is 4.90 Å². The largest absolute Gasteiger partial charge is 0.337 e. The van der Waals surface area contributed by atoms with Gasteiger partial charge in [0.05, 0.1) is 0 Å². The summed E-state index contributed by atoms with van der Waals surface area (Å²) in [6, 6.07) is 8.08. The molecule has 0 unspecified atom stereocenters. The molecule has 1 aromatic carbocycles. The van der Waals surface area contributed by atoms with E-state index in [0.29, 0.717) is 13.1 Å². The number of hydrogen-bond acceptors (Lipinski definition) is 4.